The molecule has 3 rings (SSSR count). The fourth-order valence-electron chi connectivity index (χ4n) is 2.51. The summed E-state index contributed by atoms with van der Waals surface area (Å²) in [5, 5.41) is 12.2. The molecule has 0 fully saturated rings. The average Bonchev–Trinajstić information content (AvgIpc) is 3.08. The van der Waals surface area contributed by atoms with Crippen molar-refractivity contribution in [2.75, 3.05) is 12.3 Å². The molecule has 0 bridgehead atoms. The summed E-state index contributed by atoms with van der Waals surface area (Å²) in [5.74, 6) is 0.980. The van der Waals surface area contributed by atoms with Crippen molar-refractivity contribution in [3.05, 3.63) is 77.3 Å². The van der Waals surface area contributed by atoms with E-state index < -0.39 is 0 Å². The van der Waals surface area contributed by atoms with Crippen LogP contribution in [0.2, 0.25) is 0 Å². The molecule has 0 atom stereocenters. The Hall–Kier alpha value is -2.38. The second-order valence-corrected chi connectivity index (χ2v) is 7.54. The molecule has 0 saturated heterocycles. The van der Waals surface area contributed by atoms with E-state index in [1.807, 2.05) is 47.0 Å². The van der Waals surface area contributed by atoms with Crippen molar-refractivity contribution in [1.29, 1.82) is 0 Å². The van der Waals surface area contributed by atoms with E-state index in [1.165, 1.54) is 11.8 Å². The molecule has 1 amide bonds. The van der Waals surface area contributed by atoms with Crippen LogP contribution in [-0.4, -0.2) is 33.0 Å². The number of thioether (sulfide) groups is 1. The first-order chi connectivity index (χ1) is 13.2. The Labute approximate surface area is 171 Å². The number of hydrogen-bond donors (Lipinski definition) is 1. The summed E-state index contributed by atoms with van der Waals surface area (Å²) < 4.78 is 2.99. The molecule has 27 heavy (non-hydrogen) atoms. The highest BCUT2D eigenvalue weighted by Gasteiger charge is 2.17. The fraction of sp³-hybridized carbons (Fsp3) is 0.150. The van der Waals surface area contributed by atoms with Gasteiger partial charge in [0.2, 0.25) is 5.91 Å². The van der Waals surface area contributed by atoms with Crippen LogP contribution in [0.25, 0.3) is 11.4 Å². The molecule has 3 aromatic rings. The standard InChI is InChI=1S/C20H19BrN4OS/c1-2-12-22-18(26)14-27-20-24-23-19(16-10-6-7-11-17(16)21)25(20)13-15-8-4-3-5-9-15/h2-11H,1,12-14H2,(H,22,26). The number of nitrogens with one attached hydrogen (secondary N) is 1. The number of carbonyl (C=O) groups is 1. The molecule has 0 radical (unpaired) electrons. The number of rotatable bonds is 8. The maximum atomic E-state index is 11.9. The first-order valence-corrected chi connectivity index (χ1v) is 10.2. The number of halogens is 1. The van der Waals surface area contributed by atoms with Crippen LogP contribution in [0.3, 0.4) is 0 Å². The lowest BCUT2D eigenvalue weighted by molar-refractivity contribution is -0.118. The van der Waals surface area contributed by atoms with E-state index in [1.54, 1.807) is 6.08 Å². The molecule has 0 saturated carbocycles. The Morgan fingerprint density at radius 1 is 1.15 bits per heavy atom. The van der Waals surface area contributed by atoms with Crippen LogP contribution in [-0.2, 0) is 11.3 Å². The quantitative estimate of drug-likeness (QED) is 0.420. The summed E-state index contributed by atoms with van der Waals surface area (Å²) in [5.41, 5.74) is 2.10. The fourth-order valence-corrected chi connectivity index (χ4v) is 3.74. The van der Waals surface area contributed by atoms with Crippen molar-refractivity contribution >= 4 is 33.6 Å². The zero-order chi connectivity index (χ0) is 19.1. The molecular weight excluding hydrogens is 424 g/mol. The van der Waals surface area contributed by atoms with E-state index >= 15 is 0 Å². The molecule has 0 aliphatic rings. The van der Waals surface area contributed by atoms with E-state index in [9.17, 15) is 4.79 Å². The zero-order valence-corrected chi connectivity index (χ0v) is 17.0. The maximum absolute atomic E-state index is 11.9. The summed E-state index contributed by atoms with van der Waals surface area (Å²) >= 11 is 4.97. The summed E-state index contributed by atoms with van der Waals surface area (Å²) in [6.07, 6.45) is 1.66. The van der Waals surface area contributed by atoms with E-state index in [-0.39, 0.29) is 11.7 Å². The lowest BCUT2D eigenvalue weighted by atomic mass is 10.2. The maximum Gasteiger partial charge on any atom is 0.230 e. The van der Waals surface area contributed by atoms with Gasteiger partial charge in [-0.05, 0) is 11.6 Å². The van der Waals surface area contributed by atoms with Crippen molar-refractivity contribution in [2.45, 2.75) is 11.7 Å². The number of amides is 1. The summed E-state index contributed by atoms with van der Waals surface area (Å²) in [6, 6.07) is 18.0. The van der Waals surface area contributed by atoms with Crippen molar-refractivity contribution in [3.63, 3.8) is 0 Å². The van der Waals surface area contributed by atoms with Gasteiger partial charge in [-0.25, -0.2) is 0 Å². The van der Waals surface area contributed by atoms with Gasteiger partial charge < -0.3 is 5.32 Å². The normalized spacial score (nSPS) is 10.6. The van der Waals surface area contributed by atoms with Crippen LogP contribution in [0.1, 0.15) is 5.56 Å². The van der Waals surface area contributed by atoms with Crippen molar-refractivity contribution in [3.8, 4) is 11.4 Å². The molecule has 1 aromatic heterocycles. The second kappa shape index (κ2) is 9.53. The summed E-state index contributed by atoms with van der Waals surface area (Å²) in [6.45, 7) is 4.69. The molecule has 2 aromatic carbocycles. The van der Waals surface area contributed by atoms with E-state index in [2.05, 4.69) is 50.2 Å². The van der Waals surface area contributed by atoms with Crippen LogP contribution in [0, 0.1) is 0 Å². The van der Waals surface area contributed by atoms with Gasteiger partial charge in [-0.15, -0.1) is 16.8 Å². The van der Waals surface area contributed by atoms with Gasteiger partial charge in [0.15, 0.2) is 11.0 Å². The minimum Gasteiger partial charge on any atom is -0.352 e. The minimum absolute atomic E-state index is 0.0587. The third-order valence-corrected chi connectivity index (χ3v) is 5.45. The van der Waals surface area contributed by atoms with Gasteiger partial charge in [0.1, 0.15) is 0 Å². The topological polar surface area (TPSA) is 59.8 Å². The highest BCUT2D eigenvalue weighted by Crippen LogP contribution is 2.30. The Balaban J connectivity index is 1.90. The third kappa shape index (κ3) is 5.08. The van der Waals surface area contributed by atoms with Gasteiger partial charge in [0, 0.05) is 16.6 Å². The van der Waals surface area contributed by atoms with Crippen LogP contribution in [0.15, 0.2) is 76.9 Å². The molecule has 1 N–H and O–H groups in total. The van der Waals surface area contributed by atoms with Crippen molar-refractivity contribution < 1.29 is 4.79 Å². The highest BCUT2D eigenvalue weighted by atomic mass is 79.9. The first kappa shape index (κ1) is 19.4. The van der Waals surface area contributed by atoms with E-state index in [0.717, 1.165) is 21.4 Å². The largest absolute Gasteiger partial charge is 0.352 e. The van der Waals surface area contributed by atoms with Crippen molar-refractivity contribution in [1.82, 2.24) is 20.1 Å². The number of aromatic nitrogens is 3. The molecule has 5 nitrogen and oxygen atoms in total. The minimum atomic E-state index is -0.0587. The predicted molar refractivity (Wildman–Crippen MR) is 113 cm³/mol. The first-order valence-electron chi connectivity index (χ1n) is 8.41. The lowest BCUT2D eigenvalue weighted by Gasteiger charge is -2.11. The summed E-state index contributed by atoms with van der Waals surface area (Å²) in [7, 11) is 0. The molecule has 1 heterocycles. The van der Waals surface area contributed by atoms with E-state index in [4.69, 9.17) is 0 Å². The van der Waals surface area contributed by atoms with Crippen LogP contribution >= 0.6 is 27.7 Å². The lowest BCUT2D eigenvalue weighted by Crippen LogP contribution is -2.25. The summed E-state index contributed by atoms with van der Waals surface area (Å²) in [4.78, 5) is 11.9. The SMILES string of the molecule is C=CCNC(=O)CSc1nnc(-c2ccccc2Br)n1Cc1ccccc1. The molecule has 0 aliphatic carbocycles. The second-order valence-electron chi connectivity index (χ2n) is 5.74. The molecule has 7 heteroatoms. The Bertz CT molecular complexity index is 927. The number of nitrogens with zero attached hydrogens (tertiary/aromatic N) is 3. The Morgan fingerprint density at radius 3 is 2.63 bits per heavy atom. The van der Waals surface area contributed by atoms with Gasteiger partial charge in [-0.1, -0.05) is 82.3 Å². The zero-order valence-electron chi connectivity index (χ0n) is 14.6. The average molecular weight is 443 g/mol. The van der Waals surface area contributed by atoms with E-state index in [0.29, 0.717) is 18.2 Å². The smallest absolute Gasteiger partial charge is 0.230 e. The molecule has 0 spiro atoms. The van der Waals surface area contributed by atoms with Gasteiger partial charge in [-0.2, -0.15) is 0 Å². The number of carbonyl (C=O) groups excluding carboxylic acids is 1. The van der Waals surface area contributed by atoms with Crippen LogP contribution in [0.4, 0.5) is 0 Å². The number of benzene rings is 2. The van der Waals surface area contributed by atoms with Gasteiger partial charge in [0.05, 0.1) is 12.3 Å². The van der Waals surface area contributed by atoms with Gasteiger partial charge in [-0.3, -0.25) is 9.36 Å². The van der Waals surface area contributed by atoms with Crippen LogP contribution < -0.4 is 5.32 Å². The monoisotopic (exact) mass is 442 g/mol. The third-order valence-electron chi connectivity index (χ3n) is 3.79. The van der Waals surface area contributed by atoms with Gasteiger partial charge in [0.25, 0.3) is 0 Å². The molecule has 0 unspecified atom stereocenters. The van der Waals surface area contributed by atoms with Gasteiger partial charge >= 0.3 is 0 Å². The Kier molecular flexibility index (Phi) is 6.84. The number of hydrogen-bond acceptors (Lipinski definition) is 4. The molecular formula is C20H19BrN4OS. The molecule has 138 valence electrons. The predicted octanol–water partition coefficient (Wildman–Crippen LogP) is 4.15. The molecule has 0 aliphatic heterocycles. The highest BCUT2D eigenvalue weighted by molar-refractivity contribution is 9.10. The van der Waals surface area contributed by atoms with Crippen LogP contribution in [0.5, 0.6) is 0 Å². The Morgan fingerprint density at radius 2 is 1.89 bits per heavy atom. The van der Waals surface area contributed by atoms with Crippen molar-refractivity contribution in [2.24, 2.45) is 0 Å².